The van der Waals surface area contributed by atoms with Gasteiger partial charge in [-0.2, -0.15) is 5.26 Å². The van der Waals surface area contributed by atoms with E-state index in [-0.39, 0.29) is 5.91 Å². The van der Waals surface area contributed by atoms with Crippen molar-refractivity contribution in [2.24, 2.45) is 0 Å². The van der Waals surface area contributed by atoms with Gasteiger partial charge in [0, 0.05) is 29.2 Å². The number of hydrogen-bond acceptors (Lipinski definition) is 3. The van der Waals surface area contributed by atoms with E-state index in [2.05, 4.69) is 10.3 Å². The van der Waals surface area contributed by atoms with Crippen LogP contribution in [0.2, 0.25) is 0 Å². The fraction of sp³-hybridized carbons (Fsp3) is 0.0455. The maximum Gasteiger partial charge on any atom is 0.255 e. The molecule has 0 aliphatic rings. The zero-order valence-corrected chi connectivity index (χ0v) is 14.7. The van der Waals surface area contributed by atoms with Gasteiger partial charge in [-0.1, -0.05) is 18.2 Å². The third kappa shape index (κ3) is 3.29. The van der Waals surface area contributed by atoms with Crippen molar-refractivity contribution in [2.45, 2.75) is 6.92 Å². The molecule has 1 N–H and O–H groups in total. The molecular weight excluding hydrogens is 336 g/mol. The predicted octanol–water partition coefficient (Wildman–Crippen LogP) is 4.43. The minimum absolute atomic E-state index is 0.213. The third-order valence-corrected chi connectivity index (χ3v) is 4.42. The van der Waals surface area contributed by atoms with Crippen molar-refractivity contribution in [2.75, 3.05) is 5.32 Å². The van der Waals surface area contributed by atoms with Crippen LogP contribution in [0.5, 0.6) is 0 Å². The highest BCUT2D eigenvalue weighted by Crippen LogP contribution is 2.25. The van der Waals surface area contributed by atoms with Crippen LogP contribution in [0.15, 0.2) is 73.1 Å². The normalized spacial score (nSPS) is 10.5. The molecule has 5 nitrogen and oxygen atoms in total. The summed E-state index contributed by atoms with van der Waals surface area (Å²) in [5.74, 6) is -0.213. The summed E-state index contributed by atoms with van der Waals surface area (Å²) >= 11 is 0. The van der Waals surface area contributed by atoms with Gasteiger partial charge in [0.15, 0.2) is 0 Å². The lowest BCUT2D eigenvalue weighted by Crippen LogP contribution is -2.12. The van der Waals surface area contributed by atoms with Crippen LogP contribution in [0, 0.1) is 18.3 Å². The molecule has 0 unspecified atom stereocenters. The molecule has 4 aromatic rings. The van der Waals surface area contributed by atoms with Crippen LogP contribution in [0.1, 0.15) is 21.5 Å². The number of imidazole rings is 1. The molecule has 27 heavy (non-hydrogen) atoms. The minimum Gasteiger partial charge on any atom is -0.322 e. The van der Waals surface area contributed by atoms with Crippen LogP contribution in [0.25, 0.3) is 16.9 Å². The summed E-state index contributed by atoms with van der Waals surface area (Å²) in [6, 6.07) is 20.4. The number of nitriles is 1. The number of carbonyl (C=O) groups is 1. The van der Waals surface area contributed by atoms with Crippen LogP contribution in [0.3, 0.4) is 0 Å². The monoisotopic (exact) mass is 352 g/mol. The first-order valence-corrected chi connectivity index (χ1v) is 8.50. The highest BCUT2D eigenvalue weighted by atomic mass is 16.1. The fourth-order valence-electron chi connectivity index (χ4n) is 2.88. The third-order valence-electron chi connectivity index (χ3n) is 4.42. The number of aryl methyl sites for hydroxylation is 1. The minimum atomic E-state index is -0.213. The number of pyridine rings is 1. The van der Waals surface area contributed by atoms with Crippen molar-refractivity contribution < 1.29 is 4.79 Å². The number of rotatable bonds is 3. The van der Waals surface area contributed by atoms with Crippen LogP contribution < -0.4 is 5.32 Å². The smallest absolute Gasteiger partial charge is 0.255 e. The average Bonchev–Trinajstić information content (AvgIpc) is 3.14. The lowest BCUT2D eigenvalue weighted by Gasteiger charge is -2.10. The molecule has 0 radical (unpaired) electrons. The standard InChI is InChI=1S/C22H16N4O/c1-15-5-8-18(20-14-26-11-3-2-4-21(26)24-20)12-19(15)25-22(27)17-9-6-16(13-23)7-10-17/h2-12,14H,1H3,(H,25,27). The van der Waals surface area contributed by atoms with E-state index in [1.807, 2.05) is 66.2 Å². The van der Waals surface area contributed by atoms with E-state index in [4.69, 9.17) is 5.26 Å². The average molecular weight is 352 g/mol. The van der Waals surface area contributed by atoms with Gasteiger partial charge in [-0.3, -0.25) is 4.79 Å². The van der Waals surface area contributed by atoms with E-state index >= 15 is 0 Å². The Morgan fingerprint density at radius 2 is 1.93 bits per heavy atom. The first kappa shape index (κ1) is 16.6. The lowest BCUT2D eigenvalue weighted by atomic mass is 10.1. The SMILES string of the molecule is Cc1ccc(-c2cn3ccccc3n2)cc1NC(=O)c1ccc(C#N)cc1. The molecule has 4 rings (SSSR count). The van der Waals surface area contributed by atoms with Crippen molar-refractivity contribution >= 4 is 17.2 Å². The summed E-state index contributed by atoms with van der Waals surface area (Å²) in [5, 5.41) is 11.8. The second-order valence-electron chi connectivity index (χ2n) is 6.27. The van der Waals surface area contributed by atoms with Gasteiger partial charge >= 0.3 is 0 Å². The van der Waals surface area contributed by atoms with E-state index in [1.165, 1.54) is 0 Å². The summed E-state index contributed by atoms with van der Waals surface area (Å²) in [7, 11) is 0. The lowest BCUT2D eigenvalue weighted by molar-refractivity contribution is 0.102. The Morgan fingerprint density at radius 3 is 2.67 bits per heavy atom. The summed E-state index contributed by atoms with van der Waals surface area (Å²) in [6.07, 6.45) is 3.92. The van der Waals surface area contributed by atoms with Crippen LogP contribution in [-0.2, 0) is 0 Å². The molecule has 2 heterocycles. The summed E-state index contributed by atoms with van der Waals surface area (Å²) in [4.78, 5) is 17.2. The van der Waals surface area contributed by atoms with Gasteiger partial charge in [0.1, 0.15) is 5.65 Å². The Morgan fingerprint density at radius 1 is 1.11 bits per heavy atom. The maximum absolute atomic E-state index is 12.5. The van der Waals surface area contributed by atoms with Gasteiger partial charge in [-0.15, -0.1) is 0 Å². The van der Waals surface area contributed by atoms with Crippen LogP contribution in [0.4, 0.5) is 5.69 Å². The molecule has 0 aliphatic carbocycles. The Bertz CT molecular complexity index is 1150. The Labute approximate surface area is 156 Å². The number of carbonyl (C=O) groups excluding carboxylic acids is 1. The molecule has 0 saturated heterocycles. The number of anilines is 1. The van der Waals surface area contributed by atoms with Crippen molar-refractivity contribution in [1.29, 1.82) is 5.26 Å². The summed E-state index contributed by atoms with van der Waals surface area (Å²) in [6.45, 7) is 1.95. The molecule has 0 atom stereocenters. The Hall–Kier alpha value is -3.91. The Balaban J connectivity index is 1.64. The molecule has 0 aliphatic heterocycles. The quantitative estimate of drug-likeness (QED) is 0.593. The zero-order valence-electron chi connectivity index (χ0n) is 14.7. The molecular formula is C22H16N4O. The topological polar surface area (TPSA) is 70.2 Å². The van der Waals surface area contributed by atoms with Crippen molar-refractivity contribution in [3.63, 3.8) is 0 Å². The summed E-state index contributed by atoms with van der Waals surface area (Å²) < 4.78 is 1.96. The van der Waals surface area contributed by atoms with E-state index < -0.39 is 0 Å². The molecule has 2 aromatic heterocycles. The van der Waals surface area contributed by atoms with Crippen molar-refractivity contribution in [3.05, 3.63) is 89.7 Å². The van der Waals surface area contributed by atoms with Gasteiger partial charge in [0.2, 0.25) is 0 Å². The Kier molecular flexibility index (Phi) is 4.15. The highest BCUT2D eigenvalue weighted by molar-refractivity contribution is 6.05. The number of nitrogens with zero attached hydrogens (tertiary/aromatic N) is 3. The van der Waals surface area contributed by atoms with Crippen molar-refractivity contribution in [1.82, 2.24) is 9.38 Å². The maximum atomic E-state index is 12.5. The zero-order chi connectivity index (χ0) is 18.8. The van der Waals surface area contributed by atoms with Gasteiger partial charge in [-0.25, -0.2) is 4.98 Å². The molecule has 0 saturated carbocycles. The summed E-state index contributed by atoms with van der Waals surface area (Å²) in [5.41, 5.74) is 5.37. The van der Waals surface area contributed by atoms with Gasteiger partial charge in [0.05, 0.1) is 17.3 Å². The molecule has 0 fully saturated rings. The van der Waals surface area contributed by atoms with Crippen LogP contribution >= 0.6 is 0 Å². The van der Waals surface area contributed by atoms with E-state index in [0.29, 0.717) is 11.1 Å². The van der Waals surface area contributed by atoms with Gasteiger partial charge in [0.25, 0.3) is 5.91 Å². The second kappa shape index (κ2) is 6.77. The fourth-order valence-corrected chi connectivity index (χ4v) is 2.88. The van der Waals surface area contributed by atoms with Crippen molar-refractivity contribution in [3.8, 4) is 17.3 Å². The van der Waals surface area contributed by atoms with Gasteiger partial charge < -0.3 is 9.72 Å². The molecule has 1 amide bonds. The molecule has 130 valence electrons. The first-order valence-electron chi connectivity index (χ1n) is 8.50. The number of amides is 1. The predicted molar refractivity (Wildman–Crippen MR) is 104 cm³/mol. The number of benzene rings is 2. The molecule has 0 bridgehead atoms. The van der Waals surface area contributed by atoms with E-state index in [0.717, 1.165) is 28.2 Å². The first-order chi connectivity index (χ1) is 13.1. The van der Waals surface area contributed by atoms with Crippen LogP contribution in [-0.4, -0.2) is 15.3 Å². The van der Waals surface area contributed by atoms with E-state index in [9.17, 15) is 4.79 Å². The van der Waals surface area contributed by atoms with Gasteiger partial charge in [-0.05, 0) is 55.0 Å². The highest BCUT2D eigenvalue weighted by Gasteiger charge is 2.11. The number of hydrogen-bond donors (Lipinski definition) is 1. The molecule has 0 spiro atoms. The second-order valence-corrected chi connectivity index (χ2v) is 6.27. The number of nitrogens with one attached hydrogen (secondary N) is 1. The number of aromatic nitrogens is 2. The van der Waals surface area contributed by atoms with E-state index in [1.54, 1.807) is 24.3 Å². The molecule has 2 aromatic carbocycles. The molecule has 5 heteroatoms. The largest absolute Gasteiger partial charge is 0.322 e. The number of fused-ring (bicyclic) bond motifs is 1.